The second-order valence-electron chi connectivity index (χ2n) is 8.69. The number of ether oxygens (including phenoxy) is 1. The van der Waals surface area contributed by atoms with Crippen molar-refractivity contribution >= 4 is 11.9 Å². The summed E-state index contributed by atoms with van der Waals surface area (Å²) in [5.41, 5.74) is 0.127. The van der Waals surface area contributed by atoms with Crippen LogP contribution in [-0.2, 0) is 27.4 Å². The van der Waals surface area contributed by atoms with Gasteiger partial charge in [0.05, 0.1) is 0 Å². The first-order chi connectivity index (χ1) is 15.6. The third kappa shape index (κ3) is 8.49. The fourth-order valence-electron chi connectivity index (χ4n) is 4.08. The SMILES string of the molecule is CCCCCCCCCCCC(Cc1ccccc1)(C(=O)O)C(=O)OCc1ccccc1. The Morgan fingerprint density at radius 3 is 1.78 bits per heavy atom. The highest BCUT2D eigenvalue weighted by Gasteiger charge is 2.47. The Labute approximate surface area is 193 Å². The van der Waals surface area contributed by atoms with E-state index < -0.39 is 17.4 Å². The molecule has 0 aliphatic carbocycles. The lowest BCUT2D eigenvalue weighted by Crippen LogP contribution is -2.42. The minimum atomic E-state index is -1.56. The molecule has 2 aromatic rings. The first kappa shape index (κ1) is 25.6. The second kappa shape index (κ2) is 14.4. The van der Waals surface area contributed by atoms with Crippen molar-refractivity contribution in [3.63, 3.8) is 0 Å². The number of hydrogen-bond donors (Lipinski definition) is 1. The molecule has 174 valence electrons. The van der Waals surface area contributed by atoms with E-state index in [9.17, 15) is 14.7 Å². The van der Waals surface area contributed by atoms with E-state index in [1.807, 2.05) is 60.7 Å². The number of carbonyl (C=O) groups excluding carboxylic acids is 1. The van der Waals surface area contributed by atoms with Crippen molar-refractivity contribution in [2.24, 2.45) is 5.41 Å². The van der Waals surface area contributed by atoms with E-state index in [0.717, 1.165) is 24.0 Å². The van der Waals surface area contributed by atoms with E-state index in [4.69, 9.17) is 4.74 Å². The van der Waals surface area contributed by atoms with Gasteiger partial charge in [-0.1, -0.05) is 125 Å². The van der Waals surface area contributed by atoms with Crippen molar-refractivity contribution in [2.45, 2.75) is 84.2 Å². The lowest BCUT2D eigenvalue weighted by molar-refractivity contribution is -0.170. The fourth-order valence-corrected chi connectivity index (χ4v) is 4.08. The average molecular weight is 439 g/mol. The first-order valence-electron chi connectivity index (χ1n) is 12.1. The summed E-state index contributed by atoms with van der Waals surface area (Å²) in [7, 11) is 0. The van der Waals surface area contributed by atoms with Crippen LogP contribution < -0.4 is 0 Å². The molecular formula is C28H38O4. The number of aliphatic carboxylic acids is 1. The summed E-state index contributed by atoms with van der Waals surface area (Å²) in [5, 5.41) is 10.2. The summed E-state index contributed by atoms with van der Waals surface area (Å²) in [4.78, 5) is 25.6. The monoisotopic (exact) mass is 438 g/mol. The Bertz CT molecular complexity index is 788. The van der Waals surface area contributed by atoms with Crippen molar-refractivity contribution in [1.29, 1.82) is 0 Å². The largest absolute Gasteiger partial charge is 0.480 e. The van der Waals surface area contributed by atoms with Gasteiger partial charge in [-0.25, -0.2) is 0 Å². The van der Waals surface area contributed by atoms with Crippen molar-refractivity contribution in [2.75, 3.05) is 0 Å². The molecule has 0 heterocycles. The van der Waals surface area contributed by atoms with Crippen LogP contribution in [0.4, 0.5) is 0 Å². The Balaban J connectivity index is 1.99. The molecule has 0 aliphatic heterocycles. The van der Waals surface area contributed by atoms with Gasteiger partial charge in [0, 0.05) is 0 Å². The van der Waals surface area contributed by atoms with E-state index >= 15 is 0 Å². The Morgan fingerprint density at radius 2 is 1.25 bits per heavy atom. The van der Waals surface area contributed by atoms with Crippen LogP contribution >= 0.6 is 0 Å². The summed E-state index contributed by atoms with van der Waals surface area (Å²) < 4.78 is 5.54. The third-order valence-corrected chi connectivity index (χ3v) is 6.07. The molecule has 0 amide bonds. The van der Waals surface area contributed by atoms with E-state index in [2.05, 4.69) is 6.92 Å². The van der Waals surface area contributed by atoms with Crippen LogP contribution in [0, 0.1) is 5.41 Å². The smallest absolute Gasteiger partial charge is 0.324 e. The predicted molar refractivity (Wildman–Crippen MR) is 128 cm³/mol. The van der Waals surface area contributed by atoms with Crippen LogP contribution in [-0.4, -0.2) is 17.0 Å². The lowest BCUT2D eigenvalue weighted by atomic mass is 9.77. The van der Waals surface area contributed by atoms with Crippen molar-refractivity contribution in [3.8, 4) is 0 Å². The van der Waals surface area contributed by atoms with Gasteiger partial charge >= 0.3 is 11.9 Å². The summed E-state index contributed by atoms with van der Waals surface area (Å²) in [6, 6.07) is 18.8. The van der Waals surface area contributed by atoms with Gasteiger partial charge in [0.2, 0.25) is 0 Å². The molecular weight excluding hydrogens is 400 g/mol. The van der Waals surface area contributed by atoms with Crippen LogP contribution in [0.5, 0.6) is 0 Å². The lowest BCUT2D eigenvalue weighted by Gasteiger charge is -2.27. The number of carboxylic acid groups (broad SMARTS) is 1. The van der Waals surface area contributed by atoms with E-state index in [1.54, 1.807) is 0 Å². The van der Waals surface area contributed by atoms with Crippen LogP contribution in [0.1, 0.15) is 82.3 Å². The maximum atomic E-state index is 13.1. The zero-order valence-electron chi connectivity index (χ0n) is 19.4. The second-order valence-corrected chi connectivity index (χ2v) is 8.69. The van der Waals surface area contributed by atoms with Crippen LogP contribution in [0.25, 0.3) is 0 Å². The van der Waals surface area contributed by atoms with Crippen molar-refractivity contribution < 1.29 is 19.4 Å². The Kier molecular flexibility index (Phi) is 11.6. The van der Waals surface area contributed by atoms with Gasteiger partial charge in [-0.15, -0.1) is 0 Å². The fraction of sp³-hybridized carbons (Fsp3) is 0.500. The number of carbonyl (C=O) groups is 2. The topological polar surface area (TPSA) is 63.6 Å². The third-order valence-electron chi connectivity index (χ3n) is 6.07. The Morgan fingerprint density at radius 1 is 0.750 bits per heavy atom. The van der Waals surface area contributed by atoms with Gasteiger partial charge in [0.1, 0.15) is 6.61 Å². The van der Waals surface area contributed by atoms with Gasteiger partial charge < -0.3 is 9.84 Å². The van der Waals surface area contributed by atoms with Gasteiger partial charge in [-0.2, -0.15) is 0 Å². The van der Waals surface area contributed by atoms with E-state index in [0.29, 0.717) is 12.8 Å². The summed E-state index contributed by atoms with van der Waals surface area (Å²) in [6.45, 7) is 2.30. The molecule has 1 unspecified atom stereocenters. The van der Waals surface area contributed by atoms with Crippen LogP contribution in [0.2, 0.25) is 0 Å². The molecule has 2 aromatic carbocycles. The quantitative estimate of drug-likeness (QED) is 0.175. The maximum absolute atomic E-state index is 13.1. The number of benzene rings is 2. The molecule has 0 aromatic heterocycles. The van der Waals surface area contributed by atoms with Crippen molar-refractivity contribution in [3.05, 3.63) is 71.8 Å². The summed E-state index contributed by atoms with van der Waals surface area (Å²) in [5.74, 6) is -1.74. The molecule has 0 spiro atoms. The first-order valence-corrected chi connectivity index (χ1v) is 12.1. The molecule has 0 fully saturated rings. The zero-order chi connectivity index (χ0) is 23.1. The Hall–Kier alpha value is -2.62. The molecule has 4 nitrogen and oxygen atoms in total. The zero-order valence-corrected chi connectivity index (χ0v) is 19.4. The molecule has 1 atom stereocenters. The number of hydrogen-bond acceptors (Lipinski definition) is 3. The standard InChI is InChI=1S/C28H38O4/c1-2-3-4-5-6-7-8-9-16-21-28(26(29)30,22-24-17-12-10-13-18-24)27(31)32-23-25-19-14-11-15-20-25/h10-15,17-20H,2-9,16,21-23H2,1H3,(H,29,30). The van der Waals surface area contributed by atoms with Crippen LogP contribution in [0.15, 0.2) is 60.7 Å². The molecule has 32 heavy (non-hydrogen) atoms. The number of rotatable bonds is 16. The van der Waals surface area contributed by atoms with Gasteiger partial charge in [0.25, 0.3) is 0 Å². The van der Waals surface area contributed by atoms with E-state index in [-0.39, 0.29) is 13.0 Å². The molecule has 4 heteroatoms. The number of carboxylic acids is 1. The van der Waals surface area contributed by atoms with Gasteiger partial charge in [0.15, 0.2) is 5.41 Å². The van der Waals surface area contributed by atoms with Gasteiger partial charge in [-0.3, -0.25) is 9.59 Å². The molecule has 0 saturated carbocycles. The van der Waals surface area contributed by atoms with Gasteiger partial charge in [-0.05, 0) is 24.0 Å². The van der Waals surface area contributed by atoms with Crippen LogP contribution in [0.3, 0.4) is 0 Å². The molecule has 2 rings (SSSR count). The molecule has 0 saturated heterocycles. The molecule has 0 radical (unpaired) electrons. The number of esters is 1. The molecule has 0 bridgehead atoms. The molecule has 1 N–H and O–H groups in total. The minimum Gasteiger partial charge on any atom is -0.480 e. The summed E-state index contributed by atoms with van der Waals surface area (Å²) in [6.07, 6.45) is 10.7. The number of unbranched alkanes of at least 4 members (excludes halogenated alkanes) is 8. The summed E-state index contributed by atoms with van der Waals surface area (Å²) >= 11 is 0. The van der Waals surface area contributed by atoms with Crippen molar-refractivity contribution in [1.82, 2.24) is 0 Å². The minimum absolute atomic E-state index is 0.0846. The normalized spacial score (nSPS) is 12.8. The van der Waals surface area contributed by atoms with E-state index in [1.165, 1.54) is 38.5 Å². The highest BCUT2D eigenvalue weighted by molar-refractivity contribution is 5.99. The highest BCUT2D eigenvalue weighted by Crippen LogP contribution is 2.33. The highest BCUT2D eigenvalue weighted by atomic mass is 16.5. The predicted octanol–water partition coefficient (Wildman–Crippen LogP) is 6.96. The average Bonchev–Trinajstić information content (AvgIpc) is 2.81. The maximum Gasteiger partial charge on any atom is 0.324 e. The molecule has 0 aliphatic rings.